The van der Waals surface area contributed by atoms with E-state index in [2.05, 4.69) is 19.3 Å². The molecule has 0 aromatic rings. The lowest BCUT2D eigenvalue weighted by Gasteiger charge is -2.40. The molecule has 0 bridgehead atoms. The normalized spacial score (nSPS) is 28.2. The van der Waals surface area contributed by atoms with Crippen molar-refractivity contribution >= 4 is 0 Å². The molecule has 2 atom stereocenters. The first-order valence-corrected chi connectivity index (χ1v) is 8.73. The highest BCUT2D eigenvalue weighted by atomic mass is 16.5. The number of nitrogens with one attached hydrogen (secondary N) is 1. The van der Waals surface area contributed by atoms with Crippen molar-refractivity contribution in [2.24, 2.45) is 0 Å². The second-order valence-corrected chi connectivity index (χ2v) is 6.47. The molecule has 0 radical (unpaired) electrons. The minimum Gasteiger partial charge on any atom is -0.378 e. The zero-order chi connectivity index (χ0) is 14.3. The van der Waals surface area contributed by atoms with E-state index in [1.54, 1.807) is 0 Å². The molecule has 1 aliphatic heterocycles. The molecule has 0 spiro atoms. The Morgan fingerprint density at radius 2 is 1.95 bits per heavy atom. The lowest BCUT2D eigenvalue weighted by Crippen LogP contribution is -2.51. The van der Waals surface area contributed by atoms with Crippen molar-refractivity contribution in [3.8, 4) is 0 Å². The maximum absolute atomic E-state index is 6.32. The number of ether oxygens (including phenoxy) is 2. The Morgan fingerprint density at radius 1 is 1.20 bits per heavy atom. The standard InChI is InChI=1S/C17H33NO2/c1-3-20-17(12-6-4-5-7-13-17)16(18-2)11-10-15-9-8-14-19-15/h15-16,18H,3-14H2,1-2H3. The molecule has 2 fully saturated rings. The van der Waals surface area contributed by atoms with Crippen LogP contribution in [0.2, 0.25) is 0 Å². The molecule has 118 valence electrons. The molecule has 2 rings (SSSR count). The summed E-state index contributed by atoms with van der Waals surface area (Å²) in [6, 6.07) is 0.477. The predicted molar refractivity (Wildman–Crippen MR) is 83.1 cm³/mol. The van der Waals surface area contributed by atoms with Crippen LogP contribution < -0.4 is 5.32 Å². The topological polar surface area (TPSA) is 30.5 Å². The van der Waals surface area contributed by atoms with E-state index in [0.717, 1.165) is 13.2 Å². The first kappa shape index (κ1) is 16.3. The summed E-state index contributed by atoms with van der Waals surface area (Å²) in [5, 5.41) is 3.57. The van der Waals surface area contributed by atoms with Gasteiger partial charge in [-0.15, -0.1) is 0 Å². The molecule has 2 unspecified atom stereocenters. The molecule has 3 heteroatoms. The molecule has 20 heavy (non-hydrogen) atoms. The van der Waals surface area contributed by atoms with E-state index in [1.807, 2.05) is 0 Å². The van der Waals surface area contributed by atoms with E-state index in [0.29, 0.717) is 12.1 Å². The smallest absolute Gasteiger partial charge is 0.0834 e. The van der Waals surface area contributed by atoms with Crippen LogP contribution in [-0.4, -0.2) is 38.0 Å². The third kappa shape index (κ3) is 4.19. The number of rotatable bonds is 7. The summed E-state index contributed by atoms with van der Waals surface area (Å²) in [5.74, 6) is 0. The lowest BCUT2D eigenvalue weighted by molar-refractivity contribution is -0.0792. The van der Waals surface area contributed by atoms with E-state index in [1.165, 1.54) is 64.2 Å². The largest absolute Gasteiger partial charge is 0.378 e. The van der Waals surface area contributed by atoms with E-state index < -0.39 is 0 Å². The van der Waals surface area contributed by atoms with Gasteiger partial charge in [0.05, 0.1) is 11.7 Å². The first-order chi connectivity index (χ1) is 9.80. The summed E-state index contributed by atoms with van der Waals surface area (Å²) in [5.41, 5.74) is 0.0681. The van der Waals surface area contributed by atoms with Crippen molar-refractivity contribution in [2.45, 2.75) is 88.9 Å². The van der Waals surface area contributed by atoms with E-state index in [9.17, 15) is 0 Å². The summed E-state index contributed by atoms with van der Waals surface area (Å²) in [6.45, 7) is 3.93. The molecule has 1 saturated carbocycles. The molecule has 1 aliphatic carbocycles. The van der Waals surface area contributed by atoms with Crippen molar-refractivity contribution in [1.82, 2.24) is 5.32 Å². The van der Waals surface area contributed by atoms with Crippen molar-refractivity contribution in [1.29, 1.82) is 0 Å². The predicted octanol–water partition coefficient (Wildman–Crippen LogP) is 3.66. The van der Waals surface area contributed by atoms with Crippen LogP contribution in [0.15, 0.2) is 0 Å². The Labute approximate surface area is 124 Å². The van der Waals surface area contributed by atoms with Gasteiger partial charge in [-0.2, -0.15) is 0 Å². The van der Waals surface area contributed by atoms with Gasteiger partial charge in [-0.1, -0.05) is 25.7 Å². The van der Waals surface area contributed by atoms with Gasteiger partial charge in [0, 0.05) is 19.3 Å². The van der Waals surface area contributed by atoms with Crippen molar-refractivity contribution in [2.75, 3.05) is 20.3 Å². The highest BCUT2D eigenvalue weighted by Crippen LogP contribution is 2.35. The molecule has 0 aromatic carbocycles. The third-order valence-corrected chi connectivity index (χ3v) is 5.17. The van der Waals surface area contributed by atoms with Gasteiger partial charge in [-0.25, -0.2) is 0 Å². The van der Waals surface area contributed by atoms with Crippen molar-refractivity contribution < 1.29 is 9.47 Å². The fraction of sp³-hybridized carbons (Fsp3) is 1.00. The fourth-order valence-corrected chi connectivity index (χ4v) is 4.10. The van der Waals surface area contributed by atoms with Crippen LogP contribution in [0.1, 0.15) is 71.1 Å². The van der Waals surface area contributed by atoms with Crippen LogP contribution in [0.3, 0.4) is 0 Å². The molecule has 0 aromatic heterocycles. The maximum Gasteiger partial charge on any atom is 0.0834 e. The fourth-order valence-electron chi connectivity index (χ4n) is 4.10. The summed E-state index contributed by atoms with van der Waals surface area (Å²) < 4.78 is 12.1. The monoisotopic (exact) mass is 283 g/mol. The van der Waals surface area contributed by atoms with Gasteiger partial charge in [0.15, 0.2) is 0 Å². The first-order valence-electron chi connectivity index (χ1n) is 8.73. The molecule has 3 nitrogen and oxygen atoms in total. The average Bonchev–Trinajstić information content (AvgIpc) is 2.86. The zero-order valence-electron chi connectivity index (χ0n) is 13.5. The molecular formula is C17H33NO2. The quantitative estimate of drug-likeness (QED) is 0.723. The van der Waals surface area contributed by atoms with Crippen LogP contribution in [0, 0.1) is 0 Å². The second-order valence-electron chi connectivity index (χ2n) is 6.47. The molecule has 1 N–H and O–H groups in total. The van der Waals surface area contributed by atoms with E-state index in [4.69, 9.17) is 9.47 Å². The zero-order valence-corrected chi connectivity index (χ0v) is 13.5. The lowest BCUT2D eigenvalue weighted by atomic mass is 9.83. The second kappa shape index (κ2) is 8.35. The minimum absolute atomic E-state index is 0.0681. The van der Waals surface area contributed by atoms with Crippen LogP contribution in [0.4, 0.5) is 0 Å². The Bertz CT molecular complexity index is 256. The van der Waals surface area contributed by atoms with E-state index >= 15 is 0 Å². The van der Waals surface area contributed by atoms with Crippen LogP contribution >= 0.6 is 0 Å². The van der Waals surface area contributed by atoms with Crippen LogP contribution in [0.5, 0.6) is 0 Å². The van der Waals surface area contributed by atoms with Gasteiger partial charge in [-0.05, 0) is 52.5 Å². The number of likely N-dealkylation sites (N-methyl/N-ethyl adjacent to an activating group) is 1. The highest BCUT2D eigenvalue weighted by molar-refractivity contribution is 4.94. The Morgan fingerprint density at radius 3 is 2.50 bits per heavy atom. The highest BCUT2D eigenvalue weighted by Gasteiger charge is 2.39. The Balaban J connectivity index is 1.95. The molecule has 0 amide bonds. The van der Waals surface area contributed by atoms with Crippen LogP contribution in [0.25, 0.3) is 0 Å². The molecular weight excluding hydrogens is 250 g/mol. The summed E-state index contributed by atoms with van der Waals surface area (Å²) in [6.07, 6.45) is 13.2. The SMILES string of the molecule is CCOC1(C(CCC2CCCO2)NC)CCCCCC1. The average molecular weight is 283 g/mol. The maximum atomic E-state index is 6.32. The van der Waals surface area contributed by atoms with Crippen molar-refractivity contribution in [3.05, 3.63) is 0 Å². The van der Waals surface area contributed by atoms with Gasteiger partial charge in [0.1, 0.15) is 0 Å². The van der Waals surface area contributed by atoms with Crippen molar-refractivity contribution in [3.63, 3.8) is 0 Å². The van der Waals surface area contributed by atoms with Gasteiger partial charge >= 0.3 is 0 Å². The molecule has 2 aliphatic rings. The molecule has 1 heterocycles. The van der Waals surface area contributed by atoms with Crippen LogP contribution in [-0.2, 0) is 9.47 Å². The minimum atomic E-state index is 0.0681. The Kier molecular flexibility index (Phi) is 6.79. The number of hydrogen-bond acceptors (Lipinski definition) is 3. The van der Waals surface area contributed by atoms with Gasteiger partial charge < -0.3 is 14.8 Å². The molecule has 1 saturated heterocycles. The summed E-state index contributed by atoms with van der Waals surface area (Å²) >= 11 is 0. The van der Waals surface area contributed by atoms with Gasteiger partial charge in [-0.3, -0.25) is 0 Å². The number of hydrogen-bond donors (Lipinski definition) is 1. The van der Waals surface area contributed by atoms with E-state index in [-0.39, 0.29) is 5.60 Å². The summed E-state index contributed by atoms with van der Waals surface area (Å²) in [7, 11) is 2.10. The van der Waals surface area contributed by atoms with Gasteiger partial charge in [0.2, 0.25) is 0 Å². The third-order valence-electron chi connectivity index (χ3n) is 5.17. The summed E-state index contributed by atoms with van der Waals surface area (Å²) in [4.78, 5) is 0. The Hall–Kier alpha value is -0.120. The van der Waals surface area contributed by atoms with Gasteiger partial charge in [0.25, 0.3) is 0 Å².